The summed E-state index contributed by atoms with van der Waals surface area (Å²) >= 11 is 0. The summed E-state index contributed by atoms with van der Waals surface area (Å²) in [6, 6.07) is 16.9. The van der Waals surface area contributed by atoms with E-state index in [4.69, 9.17) is 0 Å². The van der Waals surface area contributed by atoms with E-state index >= 15 is 0 Å². The number of fused-ring (bicyclic) bond motifs is 4. The monoisotopic (exact) mass is 445 g/mol. The van der Waals surface area contributed by atoms with Gasteiger partial charge in [-0.05, 0) is 48.0 Å². The lowest BCUT2D eigenvalue weighted by atomic mass is 10.0. The maximum absolute atomic E-state index is 13.2. The number of aryl methyl sites for hydroxylation is 1. The third-order valence-corrected chi connectivity index (χ3v) is 6.10. The molecular formula is C27H19N5O2. The molecule has 4 aromatic heterocycles. The van der Waals surface area contributed by atoms with Crippen molar-refractivity contribution in [2.24, 2.45) is 7.05 Å². The summed E-state index contributed by atoms with van der Waals surface area (Å²) in [5, 5.41) is 6.87. The van der Waals surface area contributed by atoms with Crippen LogP contribution < -0.4 is 5.56 Å². The highest BCUT2D eigenvalue weighted by molar-refractivity contribution is 6.05. The summed E-state index contributed by atoms with van der Waals surface area (Å²) in [7, 11) is 1.88. The highest BCUT2D eigenvalue weighted by Crippen LogP contribution is 2.30. The van der Waals surface area contributed by atoms with Crippen LogP contribution in [-0.2, 0) is 7.05 Å². The van der Waals surface area contributed by atoms with Crippen molar-refractivity contribution in [1.29, 1.82) is 0 Å². The van der Waals surface area contributed by atoms with E-state index in [-0.39, 0.29) is 11.5 Å². The largest absolute Gasteiger partial charge is 0.284 e. The van der Waals surface area contributed by atoms with Crippen LogP contribution in [0.4, 0.5) is 0 Å². The lowest BCUT2D eigenvalue weighted by Gasteiger charge is -2.14. The third kappa shape index (κ3) is 2.98. The molecule has 34 heavy (non-hydrogen) atoms. The summed E-state index contributed by atoms with van der Waals surface area (Å²) < 4.78 is 4.97. The predicted molar refractivity (Wildman–Crippen MR) is 133 cm³/mol. The van der Waals surface area contributed by atoms with Gasteiger partial charge in [-0.2, -0.15) is 5.10 Å². The zero-order chi connectivity index (χ0) is 23.4. The molecule has 0 spiro atoms. The molecule has 0 amide bonds. The zero-order valence-corrected chi connectivity index (χ0v) is 18.3. The van der Waals surface area contributed by atoms with Gasteiger partial charge >= 0.3 is 0 Å². The molecule has 0 aliphatic carbocycles. The van der Waals surface area contributed by atoms with Crippen molar-refractivity contribution in [3.05, 3.63) is 102 Å². The van der Waals surface area contributed by atoms with Crippen LogP contribution in [-0.4, -0.2) is 29.8 Å². The van der Waals surface area contributed by atoms with Crippen LogP contribution in [0, 0.1) is 0 Å². The van der Waals surface area contributed by atoms with E-state index in [2.05, 4.69) is 16.7 Å². The number of carbonyl (C=O) groups is 1. The van der Waals surface area contributed by atoms with Crippen LogP contribution in [0.3, 0.4) is 0 Å². The Labute approximate surface area is 193 Å². The Morgan fingerprint density at radius 1 is 0.971 bits per heavy atom. The van der Waals surface area contributed by atoms with Crippen LogP contribution >= 0.6 is 0 Å². The second kappa shape index (κ2) is 7.38. The number of rotatable bonds is 3. The number of pyridine rings is 2. The van der Waals surface area contributed by atoms with Gasteiger partial charge in [-0.3, -0.25) is 28.4 Å². The quantitative estimate of drug-likeness (QED) is 0.292. The molecule has 0 bridgehead atoms. The first kappa shape index (κ1) is 19.9. The predicted octanol–water partition coefficient (Wildman–Crippen LogP) is 4.72. The van der Waals surface area contributed by atoms with E-state index in [1.54, 1.807) is 33.8 Å². The van der Waals surface area contributed by atoms with E-state index in [0.29, 0.717) is 11.2 Å². The van der Waals surface area contributed by atoms with Crippen LogP contribution in [0.1, 0.15) is 4.79 Å². The molecule has 0 aliphatic heterocycles. The Hall–Kier alpha value is -4.78. The first-order valence-corrected chi connectivity index (χ1v) is 10.8. The molecule has 2 aromatic carbocycles. The smallest absolute Gasteiger partial charge is 0.255 e. The van der Waals surface area contributed by atoms with Gasteiger partial charge in [0, 0.05) is 53.4 Å². The molecule has 0 unspecified atom stereocenters. The fraction of sp³-hybridized carbons (Fsp3) is 0.0370. The SMILES string of the molecule is C=CC(=O)n1ccc2ccc(-n3c(=O)ccc4cnc5ccc(-c6cnn(C)c6)cc5c43)cc21. The Balaban J connectivity index is 1.68. The number of allylic oxidation sites excluding steroid dienone is 1. The van der Waals surface area contributed by atoms with Crippen LogP contribution in [0.25, 0.3) is 49.5 Å². The number of hydrogen-bond donors (Lipinski definition) is 0. The van der Waals surface area contributed by atoms with E-state index in [1.807, 2.05) is 61.9 Å². The van der Waals surface area contributed by atoms with Gasteiger partial charge in [-0.1, -0.05) is 18.7 Å². The normalized spacial score (nSPS) is 11.4. The minimum Gasteiger partial charge on any atom is -0.284 e. The lowest BCUT2D eigenvalue weighted by Crippen LogP contribution is -2.18. The molecule has 0 radical (unpaired) electrons. The highest BCUT2D eigenvalue weighted by Gasteiger charge is 2.14. The number of hydrogen-bond acceptors (Lipinski definition) is 4. The Kier molecular flexibility index (Phi) is 4.31. The number of nitrogens with zero attached hydrogens (tertiary/aromatic N) is 5. The second-order valence-corrected chi connectivity index (χ2v) is 8.17. The van der Waals surface area contributed by atoms with Crippen LogP contribution in [0.15, 0.2) is 96.8 Å². The maximum Gasteiger partial charge on any atom is 0.255 e. The summed E-state index contributed by atoms with van der Waals surface area (Å²) in [5.74, 6) is -0.229. The van der Waals surface area contributed by atoms with Crippen molar-refractivity contribution in [2.75, 3.05) is 0 Å². The molecule has 6 rings (SSSR count). The molecule has 6 aromatic rings. The first-order chi connectivity index (χ1) is 16.5. The summed E-state index contributed by atoms with van der Waals surface area (Å²) in [4.78, 5) is 30.2. The van der Waals surface area contributed by atoms with E-state index < -0.39 is 0 Å². The van der Waals surface area contributed by atoms with E-state index in [0.717, 1.165) is 38.3 Å². The minimum absolute atomic E-state index is 0.167. The van der Waals surface area contributed by atoms with Crippen molar-refractivity contribution < 1.29 is 4.79 Å². The summed E-state index contributed by atoms with van der Waals surface area (Å²) in [6.45, 7) is 3.59. The topological polar surface area (TPSA) is 74.7 Å². The molecule has 0 fully saturated rings. The average molecular weight is 445 g/mol. The van der Waals surface area contributed by atoms with Crippen LogP contribution in [0.5, 0.6) is 0 Å². The van der Waals surface area contributed by atoms with Gasteiger partial charge < -0.3 is 0 Å². The highest BCUT2D eigenvalue weighted by atomic mass is 16.2. The molecule has 164 valence electrons. The van der Waals surface area contributed by atoms with Gasteiger partial charge in [0.2, 0.25) is 0 Å². The average Bonchev–Trinajstić information content (AvgIpc) is 3.49. The molecule has 0 saturated heterocycles. The molecule has 7 heteroatoms. The minimum atomic E-state index is -0.229. The van der Waals surface area contributed by atoms with Crippen molar-refractivity contribution >= 4 is 38.6 Å². The van der Waals surface area contributed by atoms with Crippen molar-refractivity contribution in [2.45, 2.75) is 0 Å². The fourth-order valence-electron chi connectivity index (χ4n) is 4.46. The van der Waals surface area contributed by atoms with Gasteiger partial charge in [-0.25, -0.2) is 0 Å². The second-order valence-electron chi connectivity index (χ2n) is 8.17. The molecule has 0 atom stereocenters. The van der Waals surface area contributed by atoms with Crippen LogP contribution in [0.2, 0.25) is 0 Å². The van der Waals surface area contributed by atoms with Crippen molar-refractivity contribution in [3.8, 4) is 16.8 Å². The molecule has 7 nitrogen and oxygen atoms in total. The Bertz CT molecular complexity index is 1840. The molecule has 0 aliphatic rings. The van der Waals surface area contributed by atoms with E-state index in [9.17, 15) is 9.59 Å². The van der Waals surface area contributed by atoms with Gasteiger partial charge in [0.1, 0.15) is 0 Å². The number of benzene rings is 2. The maximum atomic E-state index is 13.2. The lowest BCUT2D eigenvalue weighted by molar-refractivity contribution is 0.0974. The fourth-order valence-corrected chi connectivity index (χ4v) is 4.46. The standard InChI is InChI=1S/C27H19N5O2/c1-3-25(33)31-11-10-17-4-7-21(13-24(17)31)32-26(34)9-6-19-14-28-23-8-5-18(12-22(23)27(19)32)20-15-29-30(2)16-20/h3-16H,1H2,2H3. The van der Waals surface area contributed by atoms with Gasteiger partial charge in [0.25, 0.3) is 11.5 Å². The van der Waals surface area contributed by atoms with Gasteiger partial charge in [-0.15, -0.1) is 0 Å². The third-order valence-electron chi connectivity index (χ3n) is 6.10. The molecular weight excluding hydrogens is 426 g/mol. The van der Waals surface area contributed by atoms with Crippen molar-refractivity contribution in [1.82, 2.24) is 23.9 Å². The van der Waals surface area contributed by atoms with E-state index in [1.165, 1.54) is 10.6 Å². The summed E-state index contributed by atoms with van der Waals surface area (Å²) in [5.41, 5.74) is 4.72. The Morgan fingerprint density at radius 2 is 1.82 bits per heavy atom. The van der Waals surface area contributed by atoms with Gasteiger partial charge in [0.15, 0.2) is 0 Å². The number of carbonyl (C=O) groups excluding carboxylic acids is 1. The molecule has 4 heterocycles. The zero-order valence-electron chi connectivity index (χ0n) is 18.3. The molecule has 0 N–H and O–H groups in total. The van der Waals surface area contributed by atoms with Crippen molar-refractivity contribution in [3.63, 3.8) is 0 Å². The Morgan fingerprint density at radius 3 is 2.62 bits per heavy atom. The molecule has 0 saturated carbocycles. The first-order valence-electron chi connectivity index (χ1n) is 10.8. The number of aromatic nitrogens is 5. The summed E-state index contributed by atoms with van der Waals surface area (Å²) in [6.07, 6.45) is 8.52. The van der Waals surface area contributed by atoms with Gasteiger partial charge in [0.05, 0.1) is 28.4 Å².